The van der Waals surface area contributed by atoms with Crippen molar-refractivity contribution in [3.8, 4) is 0 Å². The summed E-state index contributed by atoms with van der Waals surface area (Å²) in [6, 6.07) is 21.0. The molecule has 15 nitrogen and oxygen atoms in total. The lowest BCUT2D eigenvalue weighted by atomic mass is 9.84. The minimum absolute atomic E-state index is 0.101. The standard InChI is InChI=1S/C44H54BrN7O8/c1-25(2)35(48-41(57)58)37(53)50-23-5-21-43(50,39(46)55)29-11-7-27(8-12-29)33-19-20-34(52(33)32-17-15-31(45)16-18-32)28-9-13-30(14-10-28)44(40(47)56)22-6-24-51(44)38(54)36(26(3)4)49-42(59)60/h7-18,25-26,33-36,48-49H,5-6,19-24H2,1-4H3,(H2,46,55)(H2,47,56)(H,57,58)(H,59,60)/t33-,34?,35+,36+,43+,44+/m1/s1. The Morgan fingerprint density at radius 2 is 1.00 bits per heavy atom. The second-order valence-corrected chi connectivity index (χ2v) is 17.6. The van der Waals surface area contributed by atoms with Crippen LogP contribution in [-0.2, 0) is 30.3 Å². The van der Waals surface area contributed by atoms with Gasteiger partial charge in [0.25, 0.3) is 0 Å². The number of nitrogens with zero attached hydrogens (tertiary/aromatic N) is 3. The van der Waals surface area contributed by atoms with Gasteiger partial charge in [-0.05, 0) is 96.9 Å². The molecule has 8 N–H and O–H groups in total. The van der Waals surface area contributed by atoms with Crippen molar-refractivity contribution in [3.05, 3.63) is 99.5 Å². The minimum atomic E-state index is -1.45. The summed E-state index contributed by atoms with van der Waals surface area (Å²) in [5, 5.41) is 23.6. The fourth-order valence-electron chi connectivity index (χ4n) is 9.66. The summed E-state index contributed by atoms with van der Waals surface area (Å²) in [7, 11) is 0. The monoisotopic (exact) mass is 887 g/mol. The van der Waals surface area contributed by atoms with Gasteiger partial charge in [0.15, 0.2) is 0 Å². The molecule has 320 valence electrons. The lowest BCUT2D eigenvalue weighted by Gasteiger charge is -2.39. The van der Waals surface area contributed by atoms with E-state index in [1.807, 2.05) is 72.8 Å². The second-order valence-electron chi connectivity index (χ2n) is 16.7. The summed E-state index contributed by atoms with van der Waals surface area (Å²) in [6.45, 7) is 7.47. The number of anilines is 1. The molecule has 1 unspecified atom stereocenters. The van der Waals surface area contributed by atoms with Crippen LogP contribution in [0, 0.1) is 11.8 Å². The number of likely N-dealkylation sites (tertiary alicyclic amines) is 2. The van der Waals surface area contributed by atoms with Crippen molar-refractivity contribution in [3.63, 3.8) is 0 Å². The zero-order valence-electron chi connectivity index (χ0n) is 34.3. The summed E-state index contributed by atoms with van der Waals surface area (Å²) >= 11 is 3.56. The largest absolute Gasteiger partial charge is 0.465 e. The van der Waals surface area contributed by atoms with E-state index in [0.29, 0.717) is 36.8 Å². The van der Waals surface area contributed by atoms with Gasteiger partial charge in [0, 0.05) is 23.2 Å². The van der Waals surface area contributed by atoms with Gasteiger partial charge in [-0.3, -0.25) is 19.2 Å². The molecule has 3 aliphatic rings. The van der Waals surface area contributed by atoms with Gasteiger partial charge in [-0.1, -0.05) is 92.2 Å². The summed E-state index contributed by atoms with van der Waals surface area (Å²) in [4.78, 5) is 83.0. The normalized spacial score (nSPS) is 23.8. The maximum absolute atomic E-state index is 13.9. The fraction of sp³-hybridized carbons (Fsp3) is 0.455. The van der Waals surface area contributed by atoms with E-state index in [4.69, 9.17) is 11.5 Å². The molecule has 0 radical (unpaired) electrons. The van der Waals surface area contributed by atoms with Crippen molar-refractivity contribution in [1.82, 2.24) is 20.4 Å². The number of primary amides is 2. The van der Waals surface area contributed by atoms with E-state index < -0.39 is 59.0 Å². The zero-order valence-corrected chi connectivity index (χ0v) is 35.9. The Kier molecular flexibility index (Phi) is 12.8. The number of benzene rings is 3. The summed E-state index contributed by atoms with van der Waals surface area (Å²) < 4.78 is 0.920. The fourth-order valence-corrected chi connectivity index (χ4v) is 9.93. The number of hydrogen-bond donors (Lipinski definition) is 6. The first-order valence-corrected chi connectivity index (χ1v) is 21.2. The number of nitrogens with two attached hydrogens (primary N) is 2. The van der Waals surface area contributed by atoms with Crippen LogP contribution in [0.2, 0.25) is 0 Å². The molecule has 16 heteroatoms. The Morgan fingerprint density at radius 1 is 0.633 bits per heavy atom. The highest BCUT2D eigenvalue weighted by molar-refractivity contribution is 9.10. The number of halogens is 1. The highest BCUT2D eigenvalue weighted by atomic mass is 79.9. The van der Waals surface area contributed by atoms with Crippen molar-refractivity contribution >= 4 is 57.4 Å². The van der Waals surface area contributed by atoms with Crippen LogP contribution in [-0.4, -0.2) is 81.0 Å². The molecular formula is C44H54BrN7O8. The van der Waals surface area contributed by atoms with Crippen LogP contribution in [0.15, 0.2) is 77.3 Å². The molecule has 3 saturated heterocycles. The number of carboxylic acid groups (broad SMARTS) is 2. The third kappa shape index (κ3) is 8.00. The topological polar surface area (TPSA) is 229 Å². The minimum Gasteiger partial charge on any atom is -0.465 e. The lowest BCUT2D eigenvalue weighted by Crippen LogP contribution is -2.59. The molecule has 3 aromatic rings. The average molecular weight is 889 g/mol. The van der Waals surface area contributed by atoms with E-state index in [9.17, 15) is 39.0 Å². The van der Waals surface area contributed by atoms with Gasteiger partial charge in [0.1, 0.15) is 23.2 Å². The SMILES string of the molecule is CC(C)[C@H](NC(=O)O)C(=O)N1CCC[C@@]1(C(N)=O)c1ccc(C2CC[C@H](c3ccc([C@]4(C(N)=O)CCCN4C(=O)[C@@H](NC(=O)O)C(C)C)cc3)N2c2ccc(Br)cc2)cc1. The lowest BCUT2D eigenvalue weighted by molar-refractivity contribution is -0.146. The quantitative estimate of drug-likeness (QED) is 0.123. The highest BCUT2D eigenvalue weighted by Crippen LogP contribution is 2.49. The molecular weight excluding hydrogens is 834 g/mol. The van der Waals surface area contributed by atoms with Crippen LogP contribution in [0.5, 0.6) is 0 Å². The zero-order chi connectivity index (χ0) is 43.7. The second kappa shape index (κ2) is 17.5. The predicted octanol–water partition coefficient (Wildman–Crippen LogP) is 5.72. The van der Waals surface area contributed by atoms with E-state index in [0.717, 1.165) is 34.1 Å². The third-order valence-electron chi connectivity index (χ3n) is 12.6. The van der Waals surface area contributed by atoms with Crippen molar-refractivity contribution < 1.29 is 39.0 Å². The summed E-state index contributed by atoms with van der Waals surface area (Å²) in [5.74, 6) is -3.09. The van der Waals surface area contributed by atoms with Crippen LogP contribution in [0.4, 0.5) is 15.3 Å². The van der Waals surface area contributed by atoms with E-state index >= 15 is 0 Å². The molecule has 6 rings (SSSR count). The number of carbonyl (C=O) groups excluding carboxylic acids is 4. The number of carbonyl (C=O) groups is 6. The van der Waals surface area contributed by atoms with Crippen molar-refractivity contribution in [1.29, 1.82) is 0 Å². The molecule has 3 fully saturated rings. The van der Waals surface area contributed by atoms with E-state index in [1.54, 1.807) is 27.7 Å². The van der Waals surface area contributed by atoms with Crippen LogP contribution in [0.1, 0.15) is 101 Å². The molecule has 0 aliphatic carbocycles. The maximum atomic E-state index is 13.9. The molecule has 6 atom stereocenters. The smallest absolute Gasteiger partial charge is 0.405 e. The predicted molar refractivity (Wildman–Crippen MR) is 227 cm³/mol. The van der Waals surface area contributed by atoms with Crippen LogP contribution in [0.25, 0.3) is 0 Å². The van der Waals surface area contributed by atoms with Gasteiger partial charge in [-0.2, -0.15) is 0 Å². The Balaban J connectivity index is 1.32. The molecule has 0 bridgehead atoms. The Labute approximate surface area is 358 Å². The molecule has 0 spiro atoms. The van der Waals surface area contributed by atoms with Gasteiger partial charge in [0.2, 0.25) is 23.6 Å². The molecule has 0 saturated carbocycles. The third-order valence-corrected chi connectivity index (χ3v) is 13.1. The van der Waals surface area contributed by atoms with Crippen LogP contribution < -0.4 is 27.0 Å². The van der Waals surface area contributed by atoms with E-state index in [2.05, 4.69) is 31.5 Å². The first-order chi connectivity index (χ1) is 28.4. The van der Waals surface area contributed by atoms with Gasteiger partial charge in [0.05, 0.1) is 12.1 Å². The van der Waals surface area contributed by atoms with E-state index in [-0.39, 0.29) is 37.0 Å². The first-order valence-electron chi connectivity index (χ1n) is 20.4. The average Bonchev–Trinajstić information content (AvgIpc) is 3.97. The summed E-state index contributed by atoms with van der Waals surface area (Å²) in [5.41, 5.74) is 13.4. The molecule has 60 heavy (non-hydrogen) atoms. The van der Waals surface area contributed by atoms with Gasteiger partial charge >= 0.3 is 12.2 Å². The number of nitrogens with one attached hydrogen (secondary N) is 2. The molecule has 3 aromatic carbocycles. The Hall–Kier alpha value is -5.64. The van der Waals surface area contributed by atoms with Crippen LogP contribution >= 0.6 is 15.9 Å². The van der Waals surface area contributed by atoms with Crippen LogP contribution in [0.3, 0.4) is 0 Å². The summed E-state index contributed by atoms with van der Waals surface area (Å²) in [6.07, 6.45) is 0.525. The van der Waals surface area contributed by atoms with Gasteiger partial charge in [-0.15, -0.1) is 0 Å². The highest BCUT2D eigenvalue weighted by Gasteiger charge is 2.53. The van der Waals surface area contributed by atoms with Crippen molar-refractivity contribution in [2.45, 2.75) is 101 Å². The first kappa shape index (κ1) is 43.9. The van der Waals surface area contributed by atoms with Crippen molar-refractivity contribution in [2.75, 3.05) is 18.0 Å². The van der Waals surface area contributed by atoms with E-state index in [1.165, 1.54) is 9.80 Å². The Bertz CT molecular complexity index is 1990. The number of hydrogen-bond acceptors (Lipinski definition) is 7. The van der Waals surface area contributed by atoms with Gasteiger partial charge < -0.3 is 47.0 Å². The molecule has 6 amide bonds. The molecule has 0 aromatic heterocycles. The number of rotatable bonds is 13. The Morgan fingerprint density at radius 3 is 1.32 bits per heavy atom. The van der Waals surface area contributed by atoms with Crippen molar-refractivity contribution in [2.24, 2.45) is 23.3 Å². The molecule has 3 heterocycles. The number of amides is 6. The van der Waals surface area contributed by atoms with Gasteiger partial charge in [-0.25, -0.2) is 9.59 Å². The molecule has 3 aliphatic heterocycles. The maximum Gasteiger partial charge on any atom is 0.405 e.